The number of hydrazine groups is 1. The Morgan fingerprint density at radius 2 is 1.93 bits per heavy atom. The first-order chi connectivity index (χ1) is 14.2. The van der Waals surface area contributed by atoms with E-state index in [9.17, 15) is 4.79 Å². The molecule has 2 aliphatic heterocycles. The second kappa shape index (κ2) is 7.78. The van der Waals surface area contributed by atoms with Gasteiger partial charge in [0.25, 0.3) is 0 Å². The van der Waals surface area contributed by atoms with Gasteiger partial charge in [0, 0.05) is 30.6 Å². The average Bonchev–Trinajstić information content (AvgIpc) is 3.41. The molecule has 6 nitrogen and oxygen atoms in total. The molecule has 2 unspecified atom stereocenters. The molecule has 0 aliphatic carbocycles. The number of likely N-dealkylation sites (tertiary alicyclic amines) is 1. The van der Waals surface area contributed by atoms with Gasteiger partial charge in [0.1, 0.15) is 5.52 Å². The van der Waals surface area contributed by atoms with Gasteiger partial charge in [-0.1, -0.05) is 41.9 Å². The summed E-state index contributed by atoms with van der Waals surface area (Å²) in [6.45, 7) is 2.09. The first-order valence-corrected chi connectivity index (χ1v) is 10.4. The molecule has 2 aromatic carbocycles. The van der Waals surface area contributed by atoms with Crippen molar-refractivity contribution in [3.05, 3.63) is 65.0 Å². The van der Waals surface area contributed by atoms with Crippen molar-refractivity contribution in [1.29, 1.82) is 0 Å². The Morgan fingerprint density at radius 3 is 2.72 bits per heavy atom. The van der Waals surface area contributed by atoms with Crippen LogP contribution < -0.4 is 10.9 Å². The summed E-state index contributed by atoms with van der Waals surface area (Å²) >= 11 is 6.05. The van der Waals surface area contributed by atoms with E-state index in [4.69, 9.17) is 16.0 Å². The topological polar surface area (TPSA) is 70.4 Å². The number of carbonyl (C=O) groups is 1. The van der Waals surface area contributed by atoms with E-state index in [0.717, 1.165) is 48.5 Å². The summed E-state index contributed by atoms with van der Waals surface area (Å²) in [5.41, 5.74) is 9.11. The third-order valence-corrected chi connectivity index (χ3v) is 6.21. The van der Waals surface area contributed by atoms with Gasteiger partial charge in [0.2, 0.25) is 5.91 Å². The molecular weight excluding hydrogens is 388 g/mol. The van der Waals surface area contributed by atoms with Crippen molar-refractivity contribution >= 4 is 28.6 Å². The zero-order valence-electron chi connectivity index (χ0n) is 16.0. The van der Waals surface area contributed by atoms with Gasteiger partial charge in [-0.3, -0.25) is 10.2 Å². The highest BCUT2D eigenvalue weighted by Crippen LogP contribution is 2.33. The lowest BCUT2D eigenvalue weighted by molar-refractivity contribution is -0.136. The van der Waals surface area contributed by atoms with Crippen molar-refractivity contribution in [3.63, 3.8) is 0 Å². The Morgan fingerprint density at radius 1 is 1.14 bits per heavy atom. The fourth-order valence-corrected chi connectivity index (χ4v) is 4.54. The molecule has 1 amide bonds. The van der Waals surface area contributed by atoms with Gasteiger partial charge < -0.3 is 9.32 Å². The number of aromatic nitrogens is 1. The summed E-state index contributed by atoms with van der Waals surface area (Å²) in [4.78, 5) is 19.8. The van der Waals surface area contributed by atoms with E-state index in [1.165, 1.54) is 0 Å². The van der Waals surface area contributed by atoms with E-state index in [2.05, 4.69) is 28.0 Å². The highest BCUT2D eigenvalue weighted by atomic mass is 35.5. The fourth-order valence-electron chi connectivity index (χ4n) is 4.38. The number of amides is 1. The highest BCUT2D eigenvalue weighted by Gasteiger charge is 2.38. The van der Waals surface area contributed by atoms with Gasteiger partial charge >= 0.3 is 0 Å². The SMILES string of the molecule is O=C(C1CNNC1c1ccccc1)N1CCC(c2nc3cc(Cl)ccc3o2)CC1. The van der Waals surface area contributed by atoms with E-state index < -0.39 is 0 Å². The van der Waals surface area contributed by atoms with E-state index >= 15 is 0 Å². The Bertz CT molecular complexity index is 1010. The lowest BCUT2D eigenvalue weighted by atomic mass is 9.91. The van der Waals surface area contributed by atoms with E-state index in [1.54, 1.807) is 0 Å². The van der Waals surface area contributed by atoms with Gasteiger partial charge in [-0.2, -0.15) is 0 Å². The number of fused-ring (bicyclic) bond motifs is 1. The third-order valence-electron chi connectivity index (χ3n) is 5.98. The second-order valence-corrected chi connectivity index (χ2v) is 8.22. The van der Waals surface area contributed by atoms with E-state index in [1.807, 2.05) is 41.3 Å². The van der Waals surface area contributed by atoms with Crippen LogP contribution in [0.3, 0.4) is 0 Å². The second-order valence-electron chi connectivity index (χ2n) is 7.78. The van der Waals surface area contributed by atoms with Crippen LogP contribution >= 0.6 is 11.6 Å². The lowest BCUT2D eigenvalue weighted by Crippen LogP contribution is -2.43. The average molecular weight is 411 g/mol. The smallest absolute Gasteiger partial charge is 0.229 e. The van der Waals surface area contributed by atoms with Gasteiger partial charge in [-0.25, -0.2) is 10.4 Å². The molecular formula is C22H23ClN4O2. The van der Waals surface area contributed by atoms with Crippen LogP contribution in [0, 0.1) is 5.92 Å². The summed E-state index contributed by atoms with van der Waals surface area (Å²) in [5.74, 6) is 1.09. The number of halogens is 1. The van der Waals surface area contributed by atoms with Gasteiger partial charge in [-0.05, 0) is 36.6 Å². The van der Waals surface area contributed by atoms with Crippen molar-refractivity contribution in [2.24, 2.45) is 5.92 Å². The summed E-state index contributed by atoms with van der Waals surface area (Å²) in [5, 5.41) is 0.657. The molecule has 1 aromatic heterocycles. The Kier molecular flexibility index (Phi) is 4.99. The number of benzene rings is 2. The van der Waals surface area contributed by atoms with Crippen LogP contribution in [0.2, 0.25) is 5.02 Å². The monoisotopic (exact) mass is 410 g/mol. The largest absolute Gasteiger partial charge is 0.440 e. The molecule has 5 rings (SSSR count). The van der Waals surface area contributed by atoms with Crippen LogP contribution in [0.5, 0.6) is 0 Å². The molecule has 0 bridgehead atoms. The van der Waals surface area contributed by atoms with Crippen molar-refractivity contribution in [2.75, 3.05) is 19.6 Å². The molecule has 0 radical (unpaired) electrons. The van der Waals surface area contributed by atoms with Crippen LogP contribution in [0.25, 0.3) is 11.1 Å². The molecule has 2 fully saturated rings. The minimum absolute atomic E-state index is 0.00297. The maximum Gasteiger partial charge on any atom is 0.229 e. The Hall–Kier alpha value is -2.41. The first kappa shape index (κ1) is 18.6. The first-order valence-electron chi connectivity index (χ1n) is 10.1. The third kappa shape index (κ3) is 3.64. The maximum atomic E-state index is 13.2. The summed E-state index contributed by atoms with van der Waals surface area (Å²) in [7, 11) is 0. The predicted molar refractivity (Wildman–Crippen MR) is 111 cm³/mol. The van der Waals surface area contributed by atoms with Crippen molar-refractivity contribution < 1.29 is 9.21 Å². The zero-order chi connectivity index (χ0) is 19.8. The van der Waals surface area contributed by atoms with Crippen LogP contribution in [-0.2, 0) is 4.79 Å². The molecule has 3 heterocycles. The van der Waals surface area contributed by atoms with E-state index in [-0.39, 0.29) is 23.8 Å². The van der Waals surface area contributed by atoms with E-state index in [0.29, 0.717) is 11.6 Å². The Balaban J connectivity index is 1.25. The fraction of sp³-hybridized carbons (Fsp3) is 0.364. The summed E-state index contributed by atoms with van der Waals surface area (Å²) in [6, 6.07) is 15.6. The lowest BCUT2D eigenvalue weighted by Gasteiger charge is -2.33. The number of nitrogens with zero attached hydrogens (tertiary/aromatic N) is 2. The molecule has 2 saturated heterocycles. The molecule has 3 aromatic rings. The minimum Gasteiger partial charge on any atom is -0.440 e. The summed E-state index contributed by atoms with van der Waals surface area (Å²) in [6.07, 6.45) is 1.71. The predicted octanol–water partition coefficient (Wildman–Crippen LogP) is 3.65. The molecule has 2 N–H and O–H groups in total. The number of piperidine rings is 1. The molecule has 150 valence electrons. The van der Waals surface area contributed by atoms with Crippen molar-refractivity contribution in [3.8, 4) is 0 Å². The number of hydrogen-bond acceptors (Lipinski definition) is 5. The van der Waals surface area contributed by atoms with Crippen LogP contribution in [0.4, 0.5) is 0 Å². The van der Waals surface area contributed by atoms with Gasteiger partial charge in [0.05, 0.1) is 12.0 Å². The van der Waals surface area contributed by atoms with Crippen LogP contribution in [-0.4, -0.2) is 35.4 Å². The van der Waals surface area contributed by atoms with Crippen LogP contribution in [0.1, 0.15) is 36.3 Å². The van der Waals surface area contributed by atoms with Gasteiger partial charge in [0.15, 0.2) is 11.5 Å². The molecule has 2 atom stereocenters. The summed E-state index contributed by atoms with van der Waals surface area (Å²) < 4.78 is 5.94. The van der Waals surface area contributed by atoms with Gasteiger partial charge in [-0.15, -0.1) is 0 Å². The minimum atomic E-state index is -0.0968. The number of hydrogen-bond donors (Lipinski definition) is 2. The highest BCUT2D eigenvalue weighted by molar-refractivity contribution is 6.31. The van der Waals surface area contributed by atoms with Crippen molar-refractivity contribution in [2.45, 2.75) is 24.8 Å². The quantitative estimate of drug-likeness (QED) is 0.689. The Labute approximate surface area is 174 Å². The number of nitrogens with one attached hydrogen (secondary N) is 2. The molecule has 0 spiro atoms. The number of carbonyl (C=O) groups excluding carboxylic acids is 1. The standard InChI is InChI=1S/C22H23ClN4O2/c23-16-6-7-19-18(12-16)25-21(29-19)15-8-10-27(11-9-15)22(28)17-13-24-26-20(17)14-4-2-1-3-5-14/h1-7,12,15,17,20,24,26H,8-11,13H2. The molecule has 29 heavy (non-hydrogen) atoms. The maximum absolute atomic E-state index is 13.2. The number of oxazole rings is 1. The normalized spacial score (nSPS) is 23.0. The van der Waals surface area contributed by atoms with Crippen molar-refractivity contribution in [1.82, 2.24) is 20.7 Å². The number of rotatable bonds is 3. The molecule has 7 heteroatoms. The molecule has 2 aliphatic rings. The van der Waals surface area contributed by atoms with Crippen LogP contribution in [0.15, 0.2) is 52.9 Å². The molecule has 0 saturated carbocycles. The zero-order valence-corrected chi connectivity index (χ0v) is 16.7.